The molecule has 0 saturated carbocycles. The molecule has 2 aliphatic rings. The summed E-state index contributed by atoms with van der Waals surface area (Å²) in [5, 5.41) is 10.5. The zero-order chi connectivity index (χ0) is 19.6. The smallest absolute Gasteiger partial charge is 0.271 e. The molecule has 1 aromatic carbocycles. The lowest BCUT2D eigenvalue weighted by atomic mass is 10.1. The van der Waals surface area contributed by atoms with Crippen LogP contribution < -0.4 is 10.6 Å². The van der Waals surface area contributed by atoms with Gasteiger partial charge in [-0.15, -0.1) is 0 Å². The Hall–Kier alpha value is -2.75. The Bertz CT molecular complexity index is 908. The van der Waals surface area contributed by atoms with Crippen molar-refractivity contribution in [2.75, 3.05) is 23.9 Å². The molecule has 3 rings (SSSR count). The summed E-state index contributed by atoms with van der Waals surface area (Å²) in [5.74, 6) is -1.07. The van der Waals surface area contributed by atoms with Gasteiger partial charge in [0.15, 0.2) is 9.84 Å². The molecular formula is C17H20N4O5S. The molecule has 2 N–H and O–H groups in total. The van der Waals surface area contributed by atoms with Crippen LogP contribution in [0.3, 0.4) is 0 Å². The van der Waals surface area contributed by atoms with Gasteiger partial charge in [0, 0.05) is 31.1 Å². The van der Waals surface area contributed by atoms with Gasteiger partial charge in [-0.05, 0) is 30.7 Å². The van der Waals surface area contributed by atoms with Crippen molar-refractivity contribution in [2.45, 2.75) is 25.3 Å². The molecule has 1 fully saturated rings. The van der Waals surface area contributed by atoms with Crippen LogP contribution in [0, 0.1) is 0 Å². The van der Waals surface area contributed by atoms with Crippen LogP contribution in [0.15, 0.2) is 29.4 Å². The second kappa shape index (κ2) is 7.47. The first-order valence-corrected chi connectivity index (χ1v) is 10.3. The number of amides is 3. The fourth-order valence-electron chi connectivity index (χ4n) is 3.04. The second-order valence-corrected chi connectivity index (χ2v) is 8.68. The van der Waals surface area contributed by atoms with E-state index in [4.69, 9.17) is 0 Å². The molecule has 1 atom stereocenters. The van der Waals surface area contributed by atoms with Crippen LogP contribution in [-0.2, 0) is 19.4 Å². The fourth-order valence-corrected chi connectivity index (χ4v) is 4.73. The van der Waals surface area contributed by atoms with Crippen molar-refractivity contribution in [2.24, 2.45) is 5.10 Å². The van der Waals surface area contributed by atoms with E-state index in [0.717, 1.165) is 5.01 Å². The Morgan fingerprint density at radius 3 is 2.44 bits per heavy atom. The van der Waals surface area contributed by atoms with E-state index in [-0.39, 0.29) is 41.9 Å². The van der Waals surface area contributed by atoms with E-state index < -0.39 is 21.8 Å². The highest BCUT2D eigenvalue weighted by Crippen LogP contribution is 2.22. The molecule has 3 amide bonds. The Balaban J connectivity index is 1.71. The molecule has 27 heavy (non-hydrogen) atoms. The van der Waals surface area contributed by atoms with Crippen LogP contribution in [0.25, 0.3) is 0 Å². The molecule has 0 bridgehead atoms. The lowest BCUT2D eigenvalue weighted by molar-refractivity contribution is -0.133. The number of anilines is 1. The number of carbonyl (C=O) groups is 3. The molecule has 10 heteroatoms. The predicted octanol–water partition coefficient (Wildman–Crippen LogP) is 0.150. The van der Waals surface area contributed by atoms with Gasteiger partial charge in [-0.2, -0.15) is 5.10 Å². The Morgan fingerprint density at radius 2 is 1.85 bits per heavy atom. The maximum atomic E-state index is 12.5. The zero-order valence-corrected chi connectivity index (χ0v) is 15.6. The minimum Gasteiger partial charge on any atom is -0.355 e. The number of rotatable bonds is 4. The summed E-state index contributed by atoms with van der Waals surface area (Å²) in [6.07, 6.45) is 0.628. The van der Waals surface area contributed by atoms with Gasteiger partial charge in [0.05, 0.1) is 17.5 Å². The number of nitrogens with zero attached hydrogens (tertiary/aromatic N) is 2. The van der Waals surface area contributed by atoms with Gasteiger partial charge in [-0.3, -0.25) is 14.4 Å². The van der Waals surface area contributed by atoms with Crippen molar-refractivity contribution in [3.8, 4) is 0 Å². The first kappa shape index (κ1) is 19.0. The summed E-state index contributed by atoms with van der Waals surface area (Å²) >= 11 is 0. The molecule has 2 aliphatic heterocycles. The molecule has 0 unspecified atom stereocenters. The minimum absolute atomic E-state index is 0.0240. The highest BCUT2D eigenvalue weighted by Gasteiger charge is 2.37. The van der Waals surface area contributed by atoms with E-state index in [9.17, 15) is 22.8 Å². The molecule has 0 spiro atoms. The standard InChI is InChI=1S/C17H20N4O5S/c1-18-16(23)11-2-4-12(5-3-11)19-17(24)14-6-7-15(22)21(20-14)13-8-9-27(25,26)10-13/h2-5,13H,6-10H2,1H3,(H,18,23)(H,19,24)/t13-/m1/s1. The molecular weight excluding hydrogens is 372 g/mol. The lowest BCUT2D eigenvalue weighted by Gasteiger charge is -2.27. The molecule has 144 valence electrons. The topological polar surface area (TPSA) is 125 Å². The van der Waals surface area contributed by atoms with E-state index >= 15 is 0 Å². The van der Waals surface area contributed by atoms with Crippen LogP contribution in [0.1, 0.15) is 29.6 Å². The van der Waals surface area contributed by atoms with Crippen molar-refractivity contribution in [1.29, 1.82) is 0 Å². The van der Waals surface area contributed by atoms with Crippen LogP contribution >= 0.6 is 0 Å². The van der Waals surface area contributed by atoms with Crippen molar-refractivity contribution in [3.05, 3.63) is 29.8 Å². The van der Waals surface area contributed by atoms with Crippen LogP contribution in [-0.4, -0.2) is 61.5 Å². The van der Waals surface area contributed by atoms with Gasteiger partial charge >= 0.3 is 0 Å². The first-order valence-electron chi connectivity index (χ1n) is 8.52. The zero-order valence-electron chi connectivity index (χ0n) is 14.8. The Morgan fingerprint density at radius 1 is 1.15 bits per heavy atom. The van der Waals surface area contributed by atoms with Crippen molar-refractivity contribution in [1.82, 2.24) is 10.3 Å². The van der Waals surface area contributed by atoms with E-state index in [1.165, 1.54) is 7.05 Å². The quantitative estimate of drug-likeness (QED) is 0.755. The maximum absolute atomic E-state index is 12.5. The summed E-state index contributed by atoms with van der Waals surface area (Å²) in [7, 11) is -1.63. The number of hydrogen-bond acceptors (Lipinski definition) is 6. The van der Waals surface area contributed by atoms with Crippen molar-refractivity contribution >= 4 is 39.0 Å². The Labute approximate surface area is 156 Å². The summed E-state index contributed by atoms with van der Waals surface area (Å²) < 4.78 is 23.3. The van der Waals surface area contributed by atoms with Gasteiger partial charge in [-0.25, -0.2) is 13.4 Å². The number of hydrazone groups is 1. The summed E-state index contributed by atoms with van der Waals surface area (Å²) in [4.78, 5) is 36.1. The van der Waals surface area contributed by atoms with E-state index in [0.29, 0.717) is 17.7 Å². The van der Waals surface area contributed by atoms with Gasteiger partial charge < -0.3 is 10.6 Å². The minimum atomic E-state index is -3.16. The van der Waals surface area contributed by atoms with Gasteiger partial charge in [0.1, 0.15) is 5.71 Å². The number of hydrogen-bond donors (Lipinski definition) is 2. The summed E-state index contributed by atoms with van der Waals surface area (Å²) in [6, 6.07) is 5.83. The van der Waals surface area contributed by atoms with Crippen molar-refractivity contribution < 1.29 is 22.8 Å². The number of benzene rings is 1. The molecule has 1 saturated heterocycles. The third-order valence-corrected chi connectivity index (χ3v) is 6.26. The largest absolute Gasteiger partial charge is 0.355 e. The molecule has 0 aromatic heterocycles. The van der Waals surface area contributed by atoms with E-state index in [1.54, 1.807) is 24.3 Å². The third-order valence-electron chi connectivity index (χ3n) is 4.51. The fraction of sp³-hybridized carbons (Fsp3) is 0.412. The molecule has 0 radical (unpaired) electrons. The number of sulfone groups is 1. The van der Waals surface area contributed by atoms with Crippen molar-refractivity contribution in [3.63, 3.8) is 0 Å². The first-order chi connectivity index (χ1) is 12.8. The molecule has 0 aliphatic carbocycles. The summed E-state index contributed by atoms with van der Waals surface area (Å²) in [5.41, 5.74) is 1.13. The second-order valence-electron chi connectivity index (χ2n) is 6.45. The predicted molar refractivity (Wildman–Crippen MR) is 99.0 cm³/mol. The van der Waals surface area contributed by atoms with E-state index in [1.807, 2.05) is 0 Å². The molecule has 1 aromatic rings. The highest BCUT2D eigenvalue weighted by atomic mass is 32.2. The summed E-state index contributed by atoms with van der Waals surface area (Å²) in [6.45, 7) is 0. The van der Waals surface area contributed by atoms with Crippen LogP contribution in [0.5, 0.6) is 0 Å². The molecule has 9 nitrogen and oxygen atoms in total. The van der Waals surface area contributed by atoms with Crippen LogP contribution in [0.2, 0.25) is 0 Å². The third kappa shape index (κ3) is 4.33. The molecule has 2 heterocycles. The van der Waals surface area contributed by atoms with Crippen LogP contribution in [0.4, 0.5) is 5.69 Å². The van der Waals surface area contributed by atoms with Gasteiger partial charge in [0.2, 0.25) is 5.91 Å². The van der Waals surface area contributed by atoms with Gasteiger partial charge in [-0.1, -0.05) is 0 Å². The number of nitrogens with one attached hydrogen (secondary N) is 2. The number of carbonyl (C=O) groups excluding carboxylic acids is 3. The monoisotopic (exact) mass is 392 g/mol. The SMILES string of the molecule is CNC(=O)c1ccc(NC(=O)C2=NN([C@@H]3CCS(=O)(=O)C3)C(=O)CC2)cc1. The lowest BCUT2D eigenvalue weighted by Crippen LogP contribution is -2.42. The average molecular weight is 392 g/mol. The average Bonchev–Trinajstić information content (AvgIpc) is 3.01. The maximum Gasteiger partial charge on any atom is 0.271 e. The normalized spacial score (nSPS) is 21.5. The Kier molecular flexibility index (Phi) is 5.26. The van der Waals surface area contributed by atoms with E-state index in [2.05, 4.69) is 15.7 Å². The van der Waals surface area contributed by atoms with Gasteiger partial charge in [0.25, 0.3) is 11.8 Å². The highest BCUT2D eigenvalue weighted by molar-refractivity contribution is 7.91.